The van der Waals surface area contributed by atoms with Gasteiger partial charge in [-0.1, -0.05) is 11.6 Å². The number of carbonyl (C=O) groups excluding carboxylic acids is 2. The van der Waals surface area contributed by atoms with Crippen molar-refractivity contribution >= 4 is 29.2 Å². The molecule has 2 amide bonds. The first-order valence-corrected chi connectivity index (χ1v) is 6.34. The first kappa shape index (κ1) is 15.2. The zero-order valence-corrected chi connectivity index (χ0v) is 11.7. The molecule has 104 valence electrons. The molecule has 0 bridgehead atoms. The number of hydrogen-bond donors (Lipinski definition) is 3. The van der Waals surface area contributed by atoms with Crippen molar-refractivity contribution in [1.29, 1.82) is 0 Å². The topological polar surface area (TPSA) is 83.1 Å². The highest BCUT2D eigenvalue weighted by atomic mass is 35.5. The second-order valence-electron chi connectivity index (χ2n) is 3.77. The van der Waals surface area contributed by atoms with Crippen LogP contribution in [0.25, 0.3) is 0 Å². The molecule has 0 aliphatic carbocycles. The maximum Gasteiger partial charge on any atom is 0.251 e. The van der Waals surface area contributed by atoms with Gasteiger partial charge >= 0.3 is 0 Å². The predicted molar refractivity (Wildman–Crippen MR) is 74.4 cm³/mol. The van der Waals surface area contributed by atoms with Crippen LogP contribution in [0.3, 0.4) is 0 Å². The number of halogens is 1. The van der Waals surface area contributed by atoms with E-state index < -0.39 is 0 Å². The van der Waals surface area contributed by atoms with Gasteiger partial charge < -0.3 is 16.0 Å². The normalized spacial score (nSPS) is 9.84. The average Bonchev–Trinajstić information content (AvgIpc) is 2.38. The molecule has 0 spiro atoms. The Hall–Kier alpha value is -1.82. The molecule has 0 fully saturated rings. The van der Waals surface area contributed by atoms with Crippen LogP contribution in [0, 0.1) is 0 Å². The molecule has 0 unspecified atom stereocenters. The first-order valence-electron chi connectivity index (χ1n) is 5.97. The summed E-state index contributed by atoms with van der Waals surface area (Å²) in [7, 11) is 1.69. The maximum absolute atomic E-state index is 11.8. The van der Waals surface area contributed by atoms with E-state index in [9.17, 15) is 9.59 Å². The number of carbonyl (C=O) groups is 2. The minimum absolute atomic E-state index is 0.0912. The summed E-state index contributed by atoms with van der Waals surface area (Å²) in [5.74, 6) is 0.137. The lowest BCUT2D eigenvalue weighted by Crippen LogP contribution is -2.30. The van der Waals surface area contributed by atoms with Gasteiger partial charge in [0.25, 0.3) is 5.91 Å². The van der Waals surface area contributed by atoms with E-state index in [0.717, 1.165) is 0 Å². The van der Waals surface area contributed by atoms with Crippen molar-refractivity contribution < 1.29 is 9.59 Å². The molecule has 1 rings (SSSR count). The van der Waals surface area contributed by atoms with E-state index >= 15 is 0 Å². The quantitative estimate of drug-likeness (QED) is 0.682. The van der Waals surface area contributed by atoms with Gasteiger partial charge in [-0.05, 0) is 19.1 Å². The number of hydrogen-bond acceptors (Lipinski definition) is 4. The van der Waals surface area contributed by atoms with Gasteiger partial charge in [0.05, 0.1) is 0 Å². The zero-order valence-electron chi connectivity index (χ0n) is 10.9. The van der Waals surface area contributed by atoms with Crippen LogP contribution in [0.1, 0.15) is 23.7 Å². The van der Waals surface area contributed by atoms with Crippen LogP contribution in [0.5, 0.6) is 0 Å². The van der Waals surface area contributed by atoms with Crippen molar-refractivity contribution in [2.45, 2.75) is 13.3 Å². The van der Waals surface area contributed by atoms with Gasteiger partial charge in [0.15, 0.2) is 0 Å². The lowest BCUT2D eigenvalue weighted by atomic mass is 10.2. The van der Waals surface area contributed by atoms with Gasteiger partial charge in [-0.2, -0.15) is 0 Å². The van der Waals surface area contributed by atoms with Crippen LogP contribution in [0.15, 0.2) is 12.1 Å². The Morgan fingerprint density at radius 1 is 1.32 bits per heavy atom. The molecule has 1 aromatic heterocycles. The summed E-state index contributed by atoms with van der Waals surface area (Å²) in [6.07, 6.45) is 0.247. The van der Waals surface area contributed by atoms with Crippen molar-refractivity contribution in [2.24, 2.45) is 0 Å². The summed E-state index contributed by atoms with van der Waals surface area (Å²) in [6, 6.07) is 3.07. The predicted octanol–water partition coefficient (Wildman–Crippen LogP) is 1.03. The number of amides is 2. The summed E-state index contributed by atoms with van der Waals surface area (Å²) in [5, 5.41) is 8.36. The van der Waals surface area contributed by atoms with Gasteiger partial charge in [-0.15, -0.1) is 0 Å². The van der Waals surface area contributed by atoms with Gasteiger partial charge in [-0.25, -0.2) is 4.98 Å². The lowest BCUT2D eigenvalue weighted by Gasteiger charge is -2.07. The monoisotopic (exact) mass is 284 g/mol. The number of anilines is 1. The van der Waals surface area contributed by atoms with E-state index in [1.165, 1.54) is 6.07 Å². The second kappa shape index (κ2) is 7.58. The molecule has 0 aliphatic rings. The van der Waals surface area contributed by atoms with Gasteiger partial charge in [0.1, 0.15) is 11.0 Å². The molecule has 19 heavy (non-hydrogen) atoms. The summed E-state index contributed by atoms with van der Waals surface area (Å²) in [5.41, 5.74) is 0.403. The Morgan fingerprint density at radius 2 is 2.05 bits per heavy atom. The Labute approximate surface area is 116 Å². The largest absolute Gasteiger partial charge is 0.373 e. The zero-order chi connectivity index (χ0) is 14.3. The number of nitrogens with zero attached hydrogens (tertiary/aromatic N) is 1. The fraction of sp³-hybridized carbons (Fsp3) is 0.417. The average molecular weight is 285 g/mol. The smallest absolute Gasteiger partial charge is 0.251 e. The van der Waals surface area contributed by atoms with Crippen molar-refractivity contribution in [2.75, 3.05) is 25.5 Å². The number of pyridine rings is 1. The molecule has 0 radical (unpaired) electrons. The van der Waals surface area contributed by atoms with E-state index in [1.807, 2.05) is 6.92 Å². The van der Waals surface area contributed by atoms with E-state index in [1.54, 1.807) is 13.1 Å². The third-order valence-electron chi connectivity index (χ3n) is 2.32. The third-order valence-corrected chi connectivity index (χ3v) is 2.52. The highest BCUT2D eigenvalue weighted by Gasteiger charge is 2.09. The molecule has 0 saturated heterocycles. The molecular formula is C12H17ClN4O2. The van der Waals surface area contributed by atoms with E-state index in [2.05, 4.69) is 20.9 Å². The molecule has 3 N–H and O–H groups in total. The molecule has 0 aromatic carbocycles. The molecule has 1 aromatic rings. The van der Waals surface area contributed by atoms with Crippen LogP contribution >= 0.6 is 11.6 Å². The molecule has 0 atom stereocenters. The SMILES string of the molecule is CCNC(=O)CCNC(=O)c1cc(Cl)nc(NC)c1. The Morgan fingerprint density at radius 3 is 2.68 bits per heavy atom. The highest BCUT2D eigenvalue weighted by Crippen LogP contribution is 2.13. The Bertz CT molecular complexity index is 465. The van der Waals surface area contributed by atoms with Crippen LogP contribution in [0.2, 0.25) is 5.15 Å². The second-order valence-corrected chi connectivity index (χ2v) is 4.16. The molecular weight excluding hydrogens is 268 g/mol. The summed E-state index contributed by atoms with van der Waals surface area (Å²) in [6.45, 7) is 2.70. The van der Waals surface area contributed by atoms with Crippen molar-refractivity contribution in [1.82, 2.24) is 15.6 Å². The number of rotatable bonds is 6. The molecule has 6 nitrogen and oxygen atoms in total. The van der Waals surface area contributed by atoms with Crippen molar-refractivity contribution in [3.63, 3.8) is 0 Å². The van der Waals surface area contributed by atoms with Crippen LogP contribution in [-0.2, 0) is 4.79 Å². The fourth-order valence-electron chi connectivity index (χ4n) is 1.43. The summed E-state index contributed by atoms with van der Waals surface area (Å²) in [4.78, 5) is 27.0. The Balaban J connectivity index is 2.54. The standard InChI is InChI=1S/C12H17ClN4O2/c1-3-15-11(18)4-5-16-12(19)8-6-9(13)17-10(7-8)14-2/h6-7H,3-5H2,1-2H3,(H,14,17)(H,15,18)(H,16,19). The minimum atomic E-state index is -0.287. The van der Waals surface area contributed by atoms with E-state index in [-0.39, 0.29) is 29.9 Å². The molecule has 0 aliphatic heterocycles. The van der Waals surface area contributed by atoms with Crippen LogP contribution in [0.4, 0.5) is 5.82 Å². The lowest BCUT2D eigenvalue weighted by molar-refractivity contribution is -0.120. The first-order chi connectivity index (χ1) is 9.06. The summed E-state index contributed by atoms with van der Waals surface area (Å²) >= 11 is 5.80. The van der Waals surface area contributed by atoms with E-state index in [0.29, 0.717) is 17.9 Å². The van der Waals surface area contributed by atoms with Gasteiger partial charge in [-0.3, -0.25) is 9.59 Å². The van der Waals surface area contributed by atoms with Crippen molar-refractivity contribution in [3.8, 4) is 0 Å². The Kier molecular flexibility index (Phi) is 6.08. The van der Waals surface area contributed by atoms with Gasteiger partial charge in [0.2, 0.25) is 5.91 Å². The third kappa shape index (κ3) is 5.13. The summed E-state index contributed by atoms with van der Waals surface area (Å²) < 4.78 is 0. The molecule has 7 heteroatoms. The molecule has 0 saturated carbocycles. The van der Waals surface area contributed by atoms with Gasteiger partial charge in [0, 0.05) is 32.1 Å². The van der Waals surface area contributed by atoms with Crippen LogP contribution < -0.4 is 16.0 Å². The maximum atomic E-state index is 11.8. The number of aromatic nitrogens is 1. The van der Waals surface area contributed by atoms with Crippen LogP contribution in [-0.4, -0.2) is 36.9 Å². The fourth-order valence-corrected chi connectivity index (χ4v) is 1.64. The highest BCUT2D eigenvalue weighted by molar-refractivity contribution is 6.29. The minimum Gasteiger partial charge on any atom is -0.373 e. The number of nitrogens with one attached hydrogen (secondary N) is 3. The van der Waals surface area contributed by atoms with E-state index in [4.69, 9.17) is 11.6 Å². The van der Waals surface area contributed by atoms with Crippen molar-refractivity contribution in [3.05, 3.63) is 22.8 Å². The molecule has 1 heterocycles.